The number of carbonyl (C=O) groups excluding carboxylic acids is 2. The maximum Gasteiger partial charge on any atom is 0.340 e. The highest BCUT2D eigenvalue weighted by Crippen LogP contribution is 2.26. The normalized spacial score (nSPS) is 10.1. The molecule has 2 rings (SSSR count). The van der Waals surface area contributed by atoms with Crippen LogP contribution in [-0.4, -0.2) is 35.8 Å². The van der Waals surface area contributed by atoms with Gasteiger partial charge < -0.3 is 14.8 Å². The number of ether oxygens (including phenoxy) is 2. The van der Waals surface area contributed by atoms with Crippen molar-refractivity contribution in [2.45, 2.75) is 25.8 Å². The van der Waals surface area contributed by atoms with Gasteiger partial charge in [0.25, 0.3) is 0 Å². The fraction of sp³-hybridized carbons (Fsp3) is 0.300. The van der Waals surface area contributed by atoms with E-state index in [1.54, 1.807) is 32.0 Å². The molecule has 1 heterocycles. The first-order valence-electron chi connectivity index (χ1n) is 8.73. The fourth-order valence-corrected chi connectivity index (χ4v) is 3.16. The number of hydrogen-bond donors (Lipinski definition) is 1. The zero-order valence-corrected chi connectivity index (χ0v) is 16.8. The lowest BCUT2D eigenvalue weighted by Gasteiger charge is -2.12. The molecule has 0 spiro atoms. The molecular weight excluding hydrogens is 378 g/mol. The average molecular weight is 399 g/mol. The molecule has 1 aromatic heterocycles. The zero-order chi connectivity index (χ0) is 20.5. The highest BCUT2D eigenvalue weighted by molar-refractivity contribution is 8.00. The minimum atomic E-state index is -0.522. The fourth-order valence-electron chi connectivity index (χ4n) is 2.36. The van der Waals surface area contributed by atoms with Gasteiger partial charge in [-0.2, -0.15) is 5.26 Å². The Balaban J connectivity index is 2.10. The van der Waals surface area contributed by atoms with Crippen LogP contribution in [0.3, 0.4) is 0 Å². The predicted molar refractivity (Wildman–Crippen MR) is 107 cm³/mol. The third-order valence-corrected chi connectivity index (χ3v) is 4.59. The molecule has 7 nitrogen and oxygen atoms in total. The number of anilines is 1. The van der Waals surface area contributed by atoms with E-state index >= 15 is 0 Å². The highest BCUT2D eigenvalue weighted by Gasteiger charge is 2.17. The van der Waals surface area contributed by atoms with Crippen molar-refractivity contribution in [3.05, 3.63) is 47.2 Å². The molecule has 1 N–H and O–H groups in total. The van der Waals surface area contributed by atoms with Crippen LogP contribution < -0.4 is 10.1 Å². The standard InChI is InChI=1S/C20H21N3O4S/c1-4-26-17-9-7-6-8-16(17)23-18(24)12-28-19-14(11-21)10-15(13(3)22-19)20(25)27-5-2/h6-10H,4-5,12H2,1-3H3,(H,23,24). The Hall–Kier alpha value is -3.05. The number of benzene rings is 1. The largest absolute Gasteiger partial charge is 0.492 e. The van der Waals surface area contributed by atoms with Gasteiger partial charge in [-0.15, -0.1) is 0 Å². The number of carbonyl (C=O) groups is 2. The summed E-state index contributed by atoms with van der Waals surface area (Å²) >= 11 is 1.13. The van der Waals surface area contributed by atoms with Gasteiger partial charge in [0.05, 0.1) is 41.5 Å². The quantitative estimate of drug-likeness (QED) is 0.535. The van der Waals surface area contributed by atoms with Gasteiger partial charge in [0.15, 0.2) is 0 Å². The number of rotatable bonds is 8. The average Bonchev–Trinajstić information content (AvgIpc) is 2.68. The van der Waals surface area contributed by atoms with Crippen LogP contribution in [0.1, 0.15) is 35.5 Å². The van der Waals surface area contributed by atoms with Crippen LogP contribution in [0.25, 0.3) is 0 Å². The van der Waals surface area contributed by atoms with Crippen LogP contribution in [0.5, 0.6) is 5.75 Å². The number of nitrogens with zero attached hydrogens (tertiary/aromatic N) is 2. The van der Waals surface area contributed by atoms with E-state index in [1.165, 1.54) is 6.07 Å². The molecule has 0 fully saturated rings. The predicted octanol–water partition coefficient (Wildman–Crippen LogP) is 3.57. The molecule has 0 atom stereocenters. The number of amides is 1. The van der Waals surface area contributed by atoms with E-state index < -0.39 is 5.97 Å². The summed E-state index contributed by atoms with van der Waals surface area (Å²) in [6.07, 6.45) is 0. The first-order chi connectivity index (χ1) is 13.5. The molecule has 0 unspecified atom stereocenters. The van der Waals surface area contributed by atoms with E-state index in [0.29, 0.717) is 28.8 Å². The molecule has 0 bridgehead atoms. The van der Waals surface area contributed by atoms with E-state index in [9.17, 15) is 14.9 Å². The van der Waals surface area contributed by atoms with Crippen molar-refractivity contribution in [1.82, 2.24) is 4.98 Å². The summed E-state index contributed by atoms with van der Waals surface area (Å²) in [4.78, 5) is 28.6. The van der Waals surface area contributed by atoms with Crippen LogP contribution in [-0.2, 0) is 9.53 Å². The Morgan fingerprint density at radius 1 is 1.25 bits per heavy atom. The maximum atomic E-state index is 12.3. The summed E-state index contributed by atoms with van der Waals surface area (Å²) in [7, 11) is 0. The highest BCUT2D eigenvalue weighted by atomic mass is 32.2. The summed E-state index contributed by atoms with van der Waals surface area (Å²) in [5.74, 6) is -0.130. The van der Waals surface area contributed by atoms with E-state index in [0.717, 1.165) is 11.8 Å². The Labute approximate surface area is 168 Å². The topological polar surface area (TPSA) is 101 Å². The summed E-state index contributed by atoms with van der Waals surface area (Å²) in [5, 5.41) is 12.6. The van der Waals surface area contributed by atoms with Crippen molar-refractivity contribution in [3.63, 3.8) is 0 Å². The van der Waals surface area contributed by atoms with Crippen LogP contribution in [0.4, 0.5) is 5.69 Å². The van der Waals surface area contributed by atoms with Crippen molar-refractivity contribution in [2.24, 2.45) is 0 Å². The second kappa shape index (κ2) is 10.3. The van der Waals surface area contributed by atoms with E-state index in [2.05, 4.69) is 10.3 Å². The Morgan fingerprint density at radius 3 is 2.68 bits per heavy atom. The number of aromatic nitrogens is 1. The Morgan fingerprint density at radius 2 is 2.00 bits per heavy atom. The lowest BCUT2D eigenvalue weighted by Crippen LogP contribution is -2.15. The van der Waals surface area contributed by atoms with Gasteiger partial charge in [-0.3, -0.25) is 4.79 Å². The first kappa shape index (κ1) is 21.3. The zero-order valence-electron chi connectivity index (χ0n) is 15.9. The van der Waals surface area contributed by atoms with Crippen molar-refractivity contribution in [2.75, 3.05) is 24.3 Å². The number of thioether (sulfide) groups is 1. The number of hydrogen-bond acceptors (Lipinski definition) is 7. The molecule has 1 amide bonds. The molecule has 28 heavy (non-hydrogen) atoms. The molecule has 0 radical (unpaired) electrons. The smallest absolute Gasteiger partial charge is 0.340 e. The Bertz CT molecular complexity index is 909. The first-order valence-corrected chi connectivity index (χ1v) is 9.72. The monoisotopic (exact) mass is 399 g/mol. The van der Waals surface area contributed by atoms with Gasteiger partial charge in [-0.1, -0.05) is 23.9 Å². The second-order valence-electron chi connectivity index (χ2n) is 5.57. The molecule has 2 aromatic rings. The van der Waals surface area contributed by atoms with Crippen LogP contribution >= 0.6 is 11.8 Å². The molecule has 0 saturated heterocycles. The lowest BCUT2D eigenvalue weighted by molar-refractivity contribution is -0.113. The van der Waals surface area contributed by atoms with Gasteiger partial charge in [0.1, 0.15) is 16.8 Å². The van der Waals surface area contributed by atoms with E-state index in [4.69, 9.17) is 9.47 Å². The summed E-state index contributed by atoms with van der Waals surface area (Å²) < 4.78 is 10.5. The van der Waals surface area contributed by atoms with Gasteiger partial charge in [-0.05, 0) is 39.0 Å². The summed E-state index contributed by atoms with van der Waals surface area (Å²) in [6.45, 7) is 5.96. The van der Waals surface area contributed by atoms with E-state index in [-0.39, 0.29) is 29.4 Å². The summed E-state index contributed by atoms with van der Waals surface area (Å²) in [6, 6.07) is 10.6. The third-order valence-electron chi connectivity index (χ3n) is 3.59. The number of esters is 1. The van der Waals surface area contributed by atoms with Crippen LogP contribution in [0, 0.1) is 18.3 Å². The van der Waals surface area contributed by atoms with Gasteiger partial charge in [0.2, 0.25) is 5.91 Å². The number of nitrogens with one attached hydrogen (secondary N) is 1. The molecule has 8 heteroatoms. The van der Waals surface area contributed by atoms with Crippen molar-refractivity contribution in [1.29, 1.82) is 5.26 Å². The van der Waals surface area contributed by atoms with E-state index in [1.807, 2.05) is 19.1 Å². The van der Waals surface area contributed by atoms with Crippen molar-refractivity contribution < 1.29 is 19.1 Å². The molecule has 146 valence electrons. The van der Waals surface area contributed by atoms with Gasteiger partial charge >= 0.3 is 5.97 Å². The minimum absolute atomic E-state index is 0.0559. The Kier molecular flexibility index (Phi) is 7.84. The molecule has 0 aliphatic rings. The van der Waals surface area contributed by atoms with Gasteiger partial charge in [0, 0.05) is 0 Å². The minimum Gasteiger partial charge on any atom is -0.492 e. The van der Waals surface area contributed by atoms with Crippen LogP contribution in [0.2, 0.25) is 0 Å². The van der Waals surface area contributed by atoms with Gasteiger partial charge in [-0.25, -0.2) is 9.78 Å². The number of nitriles is 1. The lowest BCUT2D eigenvalue weighted by atomic mass is 10.1. The van der Waals surface area contributed by atoms with Crippen molar-refractivity contribution in [3.8, 4) is 11.8 Å². The molecule has 0 aliphatic carbocycles. The number of aryl methyl sites for hydroxylation is 1. The molecule has 1 aromatic carbocycles. The SMILES string of the molecule is CCOC(=O)c1cc(C#N)c(SCC(=O)Nc2ccccc2OCC)nc1C. The second-order valence-corrected chi connectivity index (χ2v) is 6.54. The number of para-hydroxylation sites is 2. The van der Waals surface area contributed by atoms with Crippen LogP contribution in [0.15, 0.2) is 35.4 Å². The maximum absolute atomic E-state index is 12.3. The van der Waals surface area contributed by atoms with Crippen molar-refractivity contribution >= 4 is 29.3 Å². The molecule has 0 aliphatic heterocycles. The summed E-state index contributed by atoms with van der Waals surface area (Å²) in [5.41, 5.74) is 1.50. The third kappa shape index (κ3) is 5.47. The molecule has 0 saturated carbocycles. The molecular formula is C20H21N3O4S. The number of pyridine rings is 1.